The molecule has 2 unspecified atom stereocenters. The molecule has 2 aliphatic rings. The van der Waals surface area contributed by atoms with Gasteiger partial charge in [-0.2, -0.15) is 4.31 Å². The number of nitrogens with one attached hydrogen (secondary N) is 1. The van der Waals surface area contributed by atoms with Crippen molar-refractivity contribution in [3.05, 3.63) is 64.5 Å². The molecular weight excluding hydrogens is 523 g/mol. The van der Waals surface area contributed by atoms with Crippen LogP contribution in [0.4, 0.5) is 5.00 Å². The Labute approximate surface area is 225 Å². The SMILES string of the molecule is Cc1ccc(S(=O)(=O)N2CCCC2C(=O)Nc2sc3c(c2-c2nc4ccccc4s2)CCC(C)C3)cc1. The fourth-order valence-corrected chi connectivity index (χ4v) is 9.56. The lowest BCUT2D eigenvalue weighted by Gasteiger charge is -2.23. The van der Waals surface area contributed by atoms with E-state index in [0.717, 1.165) is 50.6 Å². The zero-order chi connectivity index (χ0) is 25.7. The number of carbonyl (C=O) groups is 1. The molecule has 3 heterocycles. The Kier molecular flexibility index (Phi) is 6.43. The Morgan fingerprint density at radius 1 is 1.08 bits per heavy atom. The van der Waals surface area contributed by atoms with Crippen LogP contribution in [-0.4, -0.2) is 36.2 Å². The number of amides is 1. The molecule has 37 heavy (non-hydrogen) atoms. The second kappa shape index (κ2) is 9.62. The summed E-state index contributed by atoms with van der Waals surface area (Å²) in [7, 11) is -3.77. The molecule has 0 bridgehead atoms. The smallest absolute Gasteiger partial charge is 0.243 e. The summed E-state index contributed by atoms with van der Waals surface area (Å²) in [5.41, 5.74) is 4.25. The number of anilines is 1. The summed E-state index contributed by atoms with van der Waals surface area (Å²) >= 11 is 3.27. The predicted octanol–water partition coefficient (Wildman–Crippen LogP) is 6.25. The number of hydrogen-bond donors (Lipinski definition) is 1. The van der Waals surface area contributed by atoms with Crippen LogP contribution in [0.1, 0.15) is 42.2 Å². The van der Waals surface area contributed by atoms with E-state index < -0.39 is 16.1 Å². The van der Waals surface area contributed by atoms with Crippen LogP contribution in [0.5, 0.6) is 0 Å². The maximum atomic E-state index is 13.7. The van der Waals surface area contributed by atoms with Gasteiger partial charge in [0.1, 0.15) is 16.1 Å². The van der Waals surface area contributed by atoms with E-state index in [-0.39, 0.29) is 10.8 Å². The second-order valence-electron chi connectivity index (χ2n) is 10.1. The number of sulfonamides is 1. The van der Waals surface area contributed by atoms with Gasteiger partial charge in [0.15, 0.2) is 0 Å². The number of benzene rings is 2. The van der Waals surface area contributed by atoms with Crippen LogP contribution in [0.25, 0.3) is 20.8 Å². The molecule has 1 fully saturated rings. The van der Waals surface area contributed by atoms with Crippen molar-refractivity contribution < 1.29 is 13.2 Å². The largest absolute Gasteiger partial charge is 0.316 e. The molecule has 1 aliphatic heterocycles. The van der Waals surface area contributed by atoms with Gasteiger partial charge in [0.2, 0.25) is 15.9 Å². The second-order valence-corrected chi connectivity index (χ2v) is 14.1. The molecule has 2 aromatic heterocycles. The summed E-state index contributed by atoms with van der Waals surface area (Å²) < 4.78 is 29.4. The number of nitrogens with zero attached hydrogens (tertiary/aromatic N) is 2. The monoisotopic (exact) mass is 551 g/mol. The van der Waals surface area contributed by atoms with Gasteiger partial charge in [-0.1, -0.05) is 36.8 Å². The Morgan fingerprint density at radius 3 is 2.65 bits per heavy atom. The number of aryl methyl sites for hydroxylation is 1. The molecule has 0 radical (unpaired) electrons. The Morgan fingerprint density at radius 2 is 1.86 bits per heavy atom. The van der Waals surface area contributed by atoms with Crippen molar-refractivity contribution in [2.45, 2.75) is 56.9 Å². The van der Waals surface area contributed by atoms with Crippen molar-refractivity contribution in [2.24, 2.45) is 5.92 Å². The number of thiophene rings is 1. The van der Waals surface area contributed by atoms with Gasteiger partial charge in [0.25, 0.3) is 0 Å². The molecule has 2 atom stereocenters. The third-order valence-electron chi connectivity index (χ3n) is 7.39. The molecule has 2 aromatic carbocycles. The average Bonchev–Trinajstić information content (AvgIpc) is 3.60. The first-order chi connectivity index (χ1) is 17.8. The first-order valence-electron chi connectivity index (χ1n) is 12.7. The first-order valence-corrected chi connectivity index (χ1v) is 15.8. The van der Waals surface area contributed by atoms with Gasteiger partial charge < -0.3 is 5.32 Å². The quantitative estimate of drug-likeness (QED) is 0.318. The number of para-hydroxylation sites is 1. The minimum atomic E-state index is -3.77. The first kappa shape index (κ1) is 24.7. The fraction of sp³-hybridized carbons (Fsp3) is 0.357. The summed E-state index contributed by atoms with van der Waals surface area (Å²) in [6.45, 7) is 4.54. The van der Waals surface area contributed by atoms with Gasteiger partial charge in [-0.25, -0.2) is 13.4 Å². The van der Waals surface area contributed by atoms with E-state index in [9.17, 15) is 13.2 Å². The van der Waals surface area contributed by atoms with E-state index >= 15 is 0 Å². The summed E-state index contributed by atoms with van der Waals surface area (Å²) in [5.74, 6) is 0.338. The Balaban J connectivity index is 1.34. The van der Waals surface area contributed by atoms with Gasteiger partial charge in [-0.15, -0.1) is 22.7 Å². The Hall–Kier alpha value is -2.59. The highest BCUT2D eigenvalue weighted by Gasteiger charge is 2.40. The number of thiazole rings is 1. The van der Waals surface area contributed by atoms with Gasteiger partial charge in [0, 0.05) is 17.0 Å². The molecular formula is C28H29N3O3S3. The molecule has 6 rings (SSSR count). The van der Waals surface area contributed by atoms with Gasteiger partial charge in [0.05, 0.1) is 15.1 Å². The normalized spacial score (nSPS) is 20.3. The van der Waals surface area contributed by atoms with E-state index in [0.29, 0.717) is 25.3 Å². The highest BCUT2D eigenvalue weighted by molar-refractivity contribution is 7.89. The van der Waals surface area contributed by atoms with Crippen LogP contribution in [0.2, 0.25) is 0 Å². The van der Waals surface area contributed by atoms with Gasteiger partial charge in [-0.05, 0) is 74.8 Å². The molecule has 9 heteroatoms. The molecule has 4 aromatic rings. The highest BCUT2D eigenvalue weighted by Crippen LogP contribution is 2.47. The number of rotatable bonds is 5. The van der Waals surface area contributed by atoms with Crippen LogP contribution in [-0.2, 0) is 27.7 Å². The summed E-state index contributed by atoms with van der Waals surface area (Å²) in [4.78, 5) is 20.1. The molecule has 1 amide bonds. The van der Waals surface area contributed by atoms with E-state index in [4.69, 9.17) is 4.98 Å². The van der Waals surface area contributed by atoms with E-state index in [1.54, 1.807) is 46.9 Å². The number of hydrogen-bond acceptors (Lipinski definition) is 6. The molecule has 1 N–H and O–H groups in total. The summed E-state index contributed by atoms with van der Waals surface area (Å²) in [6, 6.07) is 14.2. The summed E-state index contributed by atoms with van der Waals surface area (Å²) in [5, 5.41) is 4.88. The van der Waals surface area contributed by atoms with E-state index in [2.05, 4.69) is 18.3 Å². The van der Waals surface area contributed by atoms with Crippen molar-refractivity contribution in [1.82, 2.24) is 9.29 Å². The number of fused-ring (bicyclic) bond motifs is 2. The summed E-state index contributed by atoms with van der Waals surface area (Å²) in [6.07, 6.45) is 4.23. The standard InChI is InChI=1S/C28H29N3O3S3/c1-17-9-12-19(13-10-17)37(33,34)31-15-5-7-22(31)26(32)30-28-25(20-14-11-18(2)16-24(20)36-28)27-29-21-6-3-4-8-23(21)35-27/h3-4,6,8-10,12-13,18,22H,5,7,11,14-16H2,1-2H3,(H,30,32). The lowest BCUT2D eigenvalue weighted by Crippen LogP contribution is -2.43. The third-order valence-corrected chi connectivity index (χ3v) is 11.5. The molecule has 1 saturated heterocycles. The molecule has 0 spiro atoms. The lowest BCUT2D eigenvalue weighted by molar-refractivity contribution is -0.119. The molecule has 0 saturated carbocycles. The van der Waals surface area contributed by atoms with Crippen molar-refractivity contribution in [1.29, 1.82) is 0 Å². The zero-order valence-corrected chi connectivity index (χ0v) is 23.3. The van der Waals surface area contributed by atoms with Gasteiger partial charge >= 0.3 is 0 Å². The molecule has 192 valence electrons. The third kappa shape index (κ3) is 4.52. The van der Waals surface area contributed by atoms with Crippen LogP contribution in [0.15, 0.2) is 53.4 Å². The molecule has 6 nitrogen and oxygen atoms in total. The average molecular weight is 552 g/mol. The van der Waals surface area contributed by atoms with Crippen molar-refractivity contribution in [3.8, 4) is 10.6 Å². The van der Waals surface area contributed by atoms with Crippen LogP contribution in [0.3, 0.4) is 0 Å². The zero-order valence-electron chi connectivity index (χ0n) is 20.9. The van der Waals surface area contributed by atoms with Crippen molar-refractivity contribution in [3.63, 3.8) is 0 Å². The predicted molar refractivity (Wildman–Crippen MR) is 151 cm³/mol. The number of aromatic nitrogens is 1. The van der Waals surface area contributed by atoms with Crippen LogP contribution in [0, 0.1) is 12.8 Å². The van der Waals surface area contributed by atoms with Gasteiger partial charge in [-0.3, -0.25) is 4.79 Å². The lowest BCUT2D eigenvalue weighted by atomic mass is 9.88. The Bertz CT molecular complexity index is 1550. The maximum Gasteiger partial charge on any atom is 0.243 e. The van der Waals surface area contributed by atoms with E-state index in [1.807, 2.05) is 25.1 Å². The highest BCUT2D eigenvalue weighted by atomic mass is 32.2. The van der Waals surface area contributed by atoms with Crippen molar-refractivity contribution in [2.75, 3.05) is 11.9 Å². The minimum absolute atomic E-state index is 0.230. The maximum absolute atomic E-state index is 13.7. The topological polar surface area (TPSA) is 79.4 Å². The number of carbonyl (C=O) groups excluding carboxylic acids is 1. The minimum Gasteiger partial charge on any atom is -0.316 e. The molecule has 1 aliphatic carbocycles. The van der Waals surface area contributed by atoms with Crippen molar-refractivity contribution >= 4 is 53.8 Å². The van der Waals surface area contributed by atoms with Crippen LogP contribution >= 0.6 is 22.7 Å². The van der Waals surface area contributed by atoms with Crippen LogP contribution < -0.4 is 5.32 Å². The fourth-order valence-electron chi connectivity index (χ4n) is 5.37. The van der Waals surface area contributed by atoms with E-state index in [1.165, 1.54) is 14.7 Å².